The Balaban J connectivity index is 0.000000123. The van der Waals surface area contributed by atoms with Crippen LogP contribution in [0.4, 0.5) is 0 Å². The number of terminal acetylenes is 1. The van der Waals surface area contributed by atoms with Crippen LogP contribution in [0.2, 0.25) is 5.02 Å². The summed E-state index contributed by atoms with van der Waals surface area (Å²) in [6.45, 7) is 0. The monoisotopic (exact) mass is 232 g/mol. The van der Waals surface area contributed by atoms with Gasteiger partial charge < -0.3 is 0 Å². The van der Waals surface area contributed by atoms with Crippen molar-refractivity contribution in [1.29, 1.82) is 0 Å². The number of rotatable bonds is 0. The third-order valence-electron chi connectivity index (χ3n) is 3.72. The van der Waals surface area contributed by atoms with Crippen molar-refractivity contribution < 1.29 is 0 Å². The minimum Gasteiger partial charge on any atom is -0.115 e. The lowest BCUT2D eigenvalue weighted by Gasteiger charge is -2.29. The molecule has 2 unspecified atom stereocenters. The highest BCUT2D eigenvalue weighted by molar-refractivity contribution is 6.30. The first-order chi connectivity index (χ1) is 7.79. The largest absolute Gasteiger partial charge is 0.115 e. The highest BCUT2D eigenvalue weighted by atomic mass is 35.5. The Labute approximate surface area is 103 Å². The number of hydrogen-bond donors (Lipinski definition) is 0. The summed E-state index contributed by atoms with van der Waals surface area (Å²) in [6, 6.07) is 7.22. The van der Waals surface area contributed by atoms with Crippen LogP contribution in [0.1, 0.15) is 37.7 Å². The van der Waals surface area contributed by atoms with Gasteiger partial charge in [0, 0.05) is 10.6 Å². The zero-order valence-corrected chi connectivity index (χ0v) is 10.2. The molecule has 2 atom stereocenters. The maximum Gasteiger partial charge on any atom is 0.0418 e. The quantitative estimate of drug-likeness (QED) is 0.577. The Morgan fingerprint density at radius 1 is 1.12 bits per heavy atom. The Bertz CT molecular complexity index is 379. The number of halogens is 1. The molecule has 1 aromatic rings. The molecule has 1 heteroatoms. The lowest BCUT2D eigenvalue weighted by Crippen LogP contribution is -2.18. The highest BCUT2D eigenvalue weighted by Crippen LogP contribution is 2.46. The van der Waals surface area contributed by atoms with Crippen molar-refractivity contribution in [2.24, 2.45) is 11.8 Å². The van der Waals surface area contributed by atoms with Gasteiger partial charge in [0.1, 0.15) is 0 Å². The van der Waals surface area contributed by atoms with Crippen molar-refractivity contribution in [3.63, 3.8) is 0 Å². The number of benzene rings is 1. The van der Waals surface area contributed by atoms with Crippen molar-refractivity contribution >= 4 is 11.6 Å². The van der Waals surface area contributed by atoms with Crippen molar-refractivity contribution in [1.82, 2.24) is 0 Å². The second-order valence-corrected chi connectivity index (χ2v) is 5.12. The molecule has 1 aromatic carbocycles. The molecular weight excluding hydrogens is 216 g/mol. The fourth-order valence-corrected chi connectivity index (χ4v) is 2.81. The summed E-state index contributed by atoms with van der Waals surface area (Å²) in [6.07, 6.45) is 12.9. The maximum absolute atomic E-state index is 5.63. The van der Waals surface area contributed by atoms with E-state index in [-0.39, 0.29) is 0 Å². The van der Waals surface area contributed by atoms with E-state index in [1.54, 1.807) is 37.8 Å². The fraction of sp³-hybridized carbons (Fsp3) is 0.467. The predicted octanol–water partition coefficient (Wildman–Crippen LogP) is 4.52. The SMILES string of the molecule is C#Cc1cccc(Cl)c1.C1CC2CCC2C1. The Morgan fingerprint density at radius 2 is 1.81 bits per heavy atom. The van der Waals surface area contributed by atoms with E-state index in [9.17, 15) is 0 Å². The number of hydrogen-bond acceptors (Lipinski definition) is 0. The average Bonchev–Trinajstić information content (AvgIpc) is 2.59. The molecule has 0 nitrogen and oxygen atoms in total. The molecule has 0 amide bonds. The van der Waals surface area contributed by atoms with Crippen LogP contribution in [0.3, 0.4) is 0 Å². The first kappa shape index (κ1) is 11.6. The lowest BCUT2D eigenvalue weighted by atomic mass is 9.77. The minimum atomic E-state index is 0.686. The first-order valence-corrected chi connectivity index (χ1v) is 6.39. The predicted molar refractivity (Wildman–Crippen MR) is 69.5 cm³/mol. The topological polar surface area (TPSA) is 0 Å². The van der Waals surface area contributed by atoms with E-state index in [1.165, 1.54) is 18.3 Å². The minimum absolute atomic E-state index is 0.686. The third-order valence-corrected chi connectivity index (χ3v) is 3.95. The highest BCUT2D eigenvalue weighted by Gasteiger charge is 2.34. The molecule has 0 aromatic heterocycles. The van der Waals surface area contributed by atoms with Crippen molar-refractivity contribution in [3.8, 4) is 12.3 Å². The lowest BCUT2D eigenvalue weighted by molar-refractivity contribution is 0.219. The molecule has 2 aliphatic carbocycles. The van der Waals surface area contributed by atoms with E-state index in [4.69, 9.17) is 18.0 Å². The molecule has 2 aliphatic rings. The normalized spacial score (nSPS) is 25.8. The average molecular weight is 233 g/mol. The Hall–Kier alpha value is -0.930. The molecule has 0 bridgehead atoms. The van der Waals surface area contributed by atoms with Crippen LogP contribution in [0.15, 0.2) is 24.3 Å². The van der Waals surface area contributed by atoms with Gasteiger partial charge in [0.25, 0.3) is 0 Å². The third kappa shape index (κ3) is 2.80. The molecule has 0 heterocycles. The summed E-state index contributed by atoms with van der Waals surface area (Å²) >= 11 is 5.63. The Morgan fingerprint density at radius 3 is 2.19 bits per heavy atom. The van der Waals surface area contributed by atoms with Crippen molar-refractivity contribution in [2.75, 3.05) is 0 Å². The molecular formula is C15H17Cl. The van der Waals surface area contributed by atoms with Gasteiger partial charge in [-0.2, -0.15) is 0 Å². The van der Waals surface area contributed by atoms with Gasteiger partial charge in [-0.15, -0.1) is 6.42 Å². The van der Waals surface area contributed by atoms with Crippen LogP contribution in [-0.4, -0.2) is 0 Å². The molecule has 84 valence electrons. The molecule has 16 heavy (non-hydrogen) atoms. The van der Waals surface area contributed by atoms with Crippen molar-refractivity contribution in [3.05, 3.63) is 34.9 Å². The molecule has 0 saturated heterocycles. The molecule has 0 aliphatic heterocycles. The zero-order valence-electron chi connectivity index (χ0n) is 9.45. The van der Waals surface area contributed by atoms with Gasteiger partial charge in [-0.25, -0.2) is 0 Å². The van der Waals surface area contributed by atoms with Gasteiger partial charge in [0.2, 0.25) is 0 Å². The van der Waals surface area contributed by atoms with E-state index in [0.717, 1.165) is 5.56 Å². The Kier molecular flexibility index (Phi) is 3.91. The van der Waals surface area contributed by atoms with Crippen LogP contribution in [-0.2, 0) is 0 Å². The molecule has 0 N–H and O–H groups in total. The van der Waals surface area contributed by atoms with Crippen LogP contribution >= 0.6 is 11.6 Å². The van der Waals surface area contributed by atoms with E-state index >= 15 is 0 Å². The summed E-state index contributed by atoms with van der Waals surface area (Å²) < 4.78 is 0. The van der Waals surface area contributed by atoms with Crippen molar-refractivity contribution in [2.45, 2.75) is 32.1 Å². The maximum atomic E-state index is 5.63. The van der Waals surface area contributed by atoms with Gasteiger partial charge in [0.15, 0.2) is 0 Å². The summed E-state index contributed by atoms with van der Waals surface area (Å²) in [4.78, 5) is 0. The first-order valence-electron chi connectivity index (χ1n) is 6.02. The molecule has 0 spiro atoms. The standard InChI is InChI=1S/C8H5Cl.C7H12/c1-2-7-4-3-5-8(9)6-7;1-2-6-4-5-7(6)3-1/h1,3-6H;6-7H,1-5H2. The van der Waals surface area contributed by atoms with Gasteiger partial charge in [-0.3, -0.25) is 0 Å². The van der Waals surface area contributed by atoms with Crippen LogP contribution < -0.4 is 0 Å². The van der Waals surface area contributed by atoms with E-state index in [2.05, 4.69) is 5.92 Å². The summed E-state index contributed by atoms with van der Waals surface area (Å²) in [5.74, 6) is 4.87. The second-order valence-electron chi connectivity index (χ2n) is 4.68. The van der Waals surface area contributed by atoms with Crippen LogP contribution in [0, 0.1) is 24.2 Å². The van der Waals surface area contributed by atoms with Crippen LogP contribution in [0.5, 0.6) is 0 Å². The summed E-state index contributed by atoms with van der Waals surface area (Å²) in [5, 5.41) is 0.686. The van der Waals surface area contributed by atoms with Gasteiger partial charge in [-0.1, -0.05) is 42.9 Å². The van der Waals surface area contributed by atoms with E-state index in [1.807, 2.05) is 12.1 Å². The molecule has 2 fully saturated rings. The van der Waals surface area contributed by atoms with Gasteiger partial charge in [0.05, 0.1) is 0 Å². The zero-order chi connectivity index (χ0) is 11.4. The van der Waals surface area contributed by atoms with E-state index in [0.29, 0.717) is 5.02 Å². The van der Waals surface area contributed by atoms with Gasteiger partial charge in [-0.05, 0) is 42.9 Å². The molecule has 3 rings (SSSR count). The molecule has 0 radical (unpaired) electrons. The molecule has 2 saturated carbocycles. The number of fused-ring (bicyclic) bond motifs is 1. The van der Waals surface area contributed by atoms with Gasteiger partial charge >= 0.3 is 0 Å². The summed E-state index contributed by atoms with van der Waals surface area (Å²) in [5.41, 5.74) is 0.822. The fourth-order valence-electron chi connectivity index (χ4n) is 2.62. The van der Waals surface area contributed by atoms with E-state index < -0.39 is 0 Å². The smallest absolute Gasteiger partial charge is 0.0418 e. The summed E-state index contributed by atoms with van der Waals surface area (Å²) in [7, 11) is 0. The second kappa shape index (κ2) is 5.41. The van der Waals surface area contributed by atoms with Crippen LogP contribution in [0.25, 0.3) is 0 Å².